The zero-order valence-electron chi connectivity index (χ0n) is 7.19. The molecule has 0 amide bonds. The number of nitrogens with two attached hydrogens (primary N) is 1. The highest BCUT2D eigenvalue weighted by molar-refractivity contribution is 7.35. The molecule has 1 aliphatic rings. The van der Waals surface area contributed by atoms with Gasteiger partial charge < -0.3 is 35.8 Å². The van der Waals surface area contributed by atoms with E-state index < -0.39 is 45.3 Å². The van der Waals surface area contributed by atoms with Crippen LogP contribution in [0, 0.1) is 0 Å². The fraction of sp³-hybridized carbons (Fsp3) is 1.00. The molecule has 84 valence electrons. The van der Waals surface area contributed by atoms with Gasteiger partial charge in [-0.15, -0.1) is 0 Å². The molecule has 7 nitrogen and oxygen atoms in total. The molecule has 0 aromatic carbocycles. The molecule has 0 spiro atoms. The Morgan fingerprint density at radius 2 is 1.64 bits per heavy atom. The number of hydrogen-bond acceptors (Lipinski definition) is 7. The van der Waals surface area contributed by atoms with Crippen LogP contribution in [-0.2, 0) is 4.74 Å². The summed E-state index contributed by atoms with van der Waals surface area (Å²) in [5.41, 5.74) is 5.15. The van der Waals surface area contributed by atoms with Crippen molar-refractivity contribution in [2.45, 2.75) is 36.6 Å². The highest BCUT2D eigenvalue weighted by Gasteiger charge is 2.45. The first-order valence-corrected chi connectivity index (χ1v) is 5.16. The molecule has 1 rings (SSSR count). The lowest BCUT2D eigenvalue weighted by Gasteiger charge is -2.39. The molecule has 1 fully saturated rings. The van der Waals surface area contributed by atoms with Gasteiger partial charge in [-0.25, -0.2) is 0 Å². The largest absolute Gasteiger partial charge is 0.387 e. The quantitative estimate of drug-likeness (QED) is 0.271. The van der Waals surface area contributed by atoms with E-state index in [1.165, 1.54) is 0 Å². The van der Waals surface area contributed by atoms with Gasteiger partial charge in [-0.05, 0) is 8.73 Å². The van der Waals surface area contributed by atoms with Crippen LogP contribution in [0.1, 0.15) is 0 Å². The third-order valence-corrected chi connectivity index (χ3v) is 2.78. The van der Waals surface area contributed by atoms with E-state index >= 15 is 0 Å². The van der Waals surface area contributed by atoms with Crippen LogP contribution in [0.5, 0.6) is 0 Å². The van der Waals surface area contributed by atoms with E-state index in [-0.39, 0.29) is 0 Å². The molecule has 2 unspecified atom stereocenters. The van der Waals surface area contributed by atoms with E-state index in [0.717, 1.165) is 0 Å². The van der Waals surface area contributed by atoms with Gasteiger partial charge in [-0.1, -0.05) is 0 Å². The predicted molar refractivity (Wildman–Crippen MR) is 47.4 cm³/mol. The van der Waals surface area contributed by atoms with Crippen molar-refractivity contribution in [3.63, 3.8) is 0 Å². The number of aliphatic hydroxyl groups excluding tert-OH is 5. The minimum atomic E-state index is -1.63. The fourth-order valence-corrected chi connectivity index (χ4v) is 1.71. The first kappa shape index (κ1) is 12.2. The van der Waals surface area contributed by atoms with Gasteiger partial charge in [0.1, 0.15) is 30.3 Å². The molecule has 1 saturated heterocycles. The zero-order chi connectivity index (χ0) is 10.9. The molecule has 0 aromatic heterocycles. The van der Waals surface area contributed by atoms with Crippen molar-refractivity contribution in [3.8, 4) is 0 Å². The average Bonchev–Trinajstić information content (AvgIpc) is 2.19. The standard InChI is InChI=1S/C6H14NO6P/c7-14-6(12)4-2(9)1(8)3(10)5(11)13-4/h1-6,8-12,14H,7H2/t1-,2-,3-,4-,5-,6?/m0/s1. The van der Waals surface area contributed by atoms with Gasteiger partial charge in [0.2, 0.25) is 0 Å². The van der Waals surface area contributed by atoms with Crippen molar-refractivity contribution < 1.29 is 30.3 Å². The maximum absolute atomic E-state index is 9.37. The zero-order valence-corrected chi connectivity index (χ0v) is 8.19. The van der Waals surface area contributed by atoms with Gasteiger partial charge in [0.05, 0.1) is 0 Å². The third kappa shape index (κ3) is 2.21. The molecule has 0 aromatic rings. The summed E-state index contributed by atoms with van der Waals surface area (Å²) < 4.78 is 4.71. The van der Waals surface area contributed by atoms with Crippen molar-refractivity contribution in [2.24, 2.45) is 5.50 Å². The summed E-state index contributed by atoms with van der Waals surface area (Å²) in [6.45, 7) is 0. The van der Waals surface area contributed by atoms with E-state index in [9.17, 15) is 15.3 Å². The lowest BCUT2D eigenvalue weighted by atomic mass is 9.99. The Bertz CT molecular complexity index is 195. The minimum Gasteiger partial charge on any atom is -0.387 e. The van der Waals surface area contributed by atoms with Crippen molar-refractivity contribution in [2.75, 3.05) is 0 Å². The molecule has 7 N–H and O–H groups in total. The highest BCUT2D eigenvalue weighted by Crippen LogP contribution is 2.26. The summed E-state index contributed by atoms with van der Waals surface area (Å²) in [6.07, 6.45) is -7.44. The van der Waals surface area contributed by atoms with Crippen LogP contribution in [0.4, 0.5) is 0 Å². The topological polar surface area (TPSA) is 136 Å². The maximum Gasteiger partial charge on any atom is 0.184 e. The van der Waals surface area contributed by atoms with Crippen LogP contribution in [0.2, 0.25) is 0 Å². The predicted octanol–water partition coefficient (Wildman–Crippen LogP) is -3.34. The molecule has 0 aliphatic carbocycles. The van der Waals surface area contributed by atoms with Gasteiger partial charge >= 0.3 is 0 Å². The molecule has 0 radical (unpaired) electrons. The summed E-state index contributed by atoms with van der Waals surface area (Å²) in [5.74, 6) is -1.18. The Morgan fingerprint density at radius 1 is 1.07 bits per heavy atom. The highest BCUT2D eigenvalue weighted by atomic mass is 31.1. The number of aliphatic hydroxyl groups is 5. The number of rotatable bonds is 2. The van der Waals surface area contributed by atoms with E-state index in [1.807, 2.05) is 0 Å². The Balaban J connectivity index is 2.70. The monoisotopic (exact) mass is 227 g/mol. The number of hydrogen-bond donors (Lipinski definition) is 6. The van der Waals surface area contributed by atoms with Crippen LogP contribution in [0.15, 0.2) is 0 Å². The fourth-order valence-electron chi connectivity index (χ4n) is 1.24. The first-order valence-electron chi connectivity index (χ1n) is 4.01. The van der Waals surface area contributed by atoms with Crippen molar-refractivity contribution in [3.05, 3.63) is 0 Å². The second kappa shape index (κ2) is 4.78. The van der Waals surface area contributed by atoms with Gasteiger partial charge in [0.25, 0.3) is 0 Å². The van der Waals surface area contributed by atoms with Gasteiger partial charge in [-0.2, -0.15) is 0 Å². The van der Waals surface area contributed by atoms with Crippen LogP contribution in [0.3, 0.4) is 0 Å². The normalized spacial score (nSPS) is 47.1. The van der Waals surface area contributed by atoms with E-state index in [2.05, 4.69) is 0 Å². The molecule has 8 heteroatoms. The summed E-state index contributed by atoms with van der Waals surface area (Å²) in [7, 11) is -0.413. The van der Waals surface area contributed by atoms with Gasteiger partial charge in [0.15, 0.2) is 6.29 Å². The molecule has 1 heterocycles. The van der Waals surface area contributed by atoms with Crippen molar-refractivity contribution >= 4 is 8.73 Å². The lowest BCUT2D eigenvalue weighted by Crippen LogP contribution is -2.60. The average molecular weight is 227 g/mol. The van der Waals surface area contributed by atoms with Crippen molar-refractivity contribution in [1.29, 1.82) is 0 Å². The lowest BCUT2D eigenvalue weighted by molar-refractivity contribution is -0.290. The Kier molecular flexibility index (Phi) is 4.17. The Labute approximate surface area is 82.0 Å². The summed E-state index contributed by atoms with van der Waals surface area (Å²) in [4.78, 5) is 0. The van der Waals surface area contributed by atoms with Gasteiger partial charge in [0, 0.05) is 0 Å². The molecular weight excluding hydrogens is 213 g/mol. The van der Waals surface area contributed by atoms with Crippen LogP contribution < -0.4 is 5.50 Å². The summed E-state index contributed by atoms with van der Waals surface area (Å²) >= 11 is 0. The first-order chi connectivity index (χ1) is 6.49. The van der Waals surface area contributed by atoms with Crippen molar-refractivity contribution in [1.82, 2.24) is 0 Å². The smallest absolute Gasteiger partial charge is 0.184 e. The second-order valence-electron chi connectivity index (χ2n) is 3.07. The van der Waals surface area contributed by atoms with E-state index in [0.29, 0.717) is 0 Å². The molecule has 1 aliphatic heterocycles. The van der Waals surface area contributed by atoms with Crippen LogP contribution in [-0.4, -0.2) is 62.1 Å². The molecule has 14 heavy (non-hydrogen) atoms. The minimum absolute atomic E-state index is 0.413. The molecule has 0 saturated carbocycles. The summed E-state index contributed by atoms with van der Waals surface area (Å²) in [5, 5.41) is 46.1. The summed E-state index contributed by atoms with van der Waals surface area (Å²) in [6, 6.07) is 0. The third-order valence-electron chi connectivity index (χ3n) is 2.11. The molecular formula is C6H14NO6P. The van der Waals surface area contributed by atoms with E-state index in [4.69, 9.17) is 20.5 Å². The molecule has 0 bridgehead atoms. The Morgan fingerprint density at radius 3 is 2.14 bits per heavy atom. The second-order valence-corrected chi connectivity index (χ2v) is 4.00. The molecule has 7 atom stereocenters. The van der Waals surface area contributed by atoms with E-state index in [1.54, 1.807) is 0 Å². The van der Waals surface area contributed by atoms with Gasteiger partial charge in [-0.3, -0.25) is 0 Å². The SMILES string of the molecule is NPC(O)[C@H]1O[C@H](O)[C@@H](O)[C@@H](O)[C@@H]1O. The van der Waals surface area contributed by atoms with Crippen LogP contribution >= 0.6 is 8.73 Å². The maximum atomic E-state index is 9.37. The van der Waals surface area contributed by atoms with Crippen LogP contribution in [0.25, 0.3) is 0 Å². The Hall–Kier alpha value is 0.150. The number of ether oxygens (including phenoxy) is 1.